The molecule has 1 aromatic rings. The van der Waals surface area contributed by atoms with Gasteiger partial charge in [-0.15, -0.1) is 0 Å². The molecule has 3 rings (SSSR count). The van der Waals surface area contributed by atoms with Crippen molar-refractivity contribution < 1.29 is 9.90 Å². The fourth-order valence-corrected chi connectivity index (χ4v) is 3.02. The molecule has 0 bridgehead atoms. The molecule has 0 spiro atoms. The Hall–Kier alpha value is -1.92. The number of nitrogens with zero attached hydrogens (tertiary/aromatic N) is 2. The van der Waals surface area contributed by atoms with Crippen LogP contribution in [0.3, 0.4) is 0 Å². The number of carboxylic acids is 1. The van der Waals surface area contributed by atoms with Crippen LogP contribution >= 0.6 is 11.6 Å². The van der Waals surface area contributed by atoms with Crippen molar-refractivity contribution in [3.8, 4) is 0 Å². The molecule has 0 fully saturated rings. The van der Waals surface area contributed by atoms with Crippen LogP contribution in [0.15, 0.2) is 34.1 Å². The van der Waals surface area contributed by atoms with Crippen molar-refractivity contribution in [2.24, 2.45) is 5.73 Å². The van der Waals surface area contributed by atoms with Gasteiger partial charge in [0.2, 0.25) is 0 Å². The molecule has 3 atom stereocenters. The molecule has 21 heavy (non-hydrogen) atoms. The maximum atomic E-state index is 12.2. The van der Waals surface area contributed by atoms with Gasteiger partial charge < -0.3 is 10.8 Å². The summed E-state index contributed by atoms with van der Waals surface area (Å²) in [5.74, 6) is -0.785. The molecule has 6 nitrogen and oxygen atoms in total. The number of hydrogen-bond donors (Lipinski definition) is 2. The Bertz CT molecular complexity index is 723. The Kier molecular flexibility index (Phi) is 3.43. The van der Waals surface area contributed by atoms with E-state index < -0.39 is 12.0 Å². The van der Waals surface area contributed by atoms with Crippen molar-refractivity contribution >= 4 is 17.6 Å². The summed E-state index contributed by atoms with van der Waals surface area (Å²) in [4.78, 5) is 27.8. The third kappa shape index (κ3) is 2.41. The molecule has 2 aliphatic rings. The fraction of sp³-hybridized carbons (Fsp3) is 0.357. The molecule has 3 unspecified atom stereocenters. The number of carbonyl (C=O) groups is 1. The molecule has 1 aliphatic carbocycles. The van der Waals surface area contributed by atoms with E-state index >= 15 is 0 Å². The molecular weight excluding hydrogens is 294 g/mol. The minimum atomic E-state index is -1.01. The molecular formula is C14H14ClN3O3. The van der Waals surface area contributed by atoms with Gasteiger partial charge in [-0.2, -0.15) is 0 Å². The minimum Gasteiger partial charge on any atom is -0.480 e. The predicted molar refractivity (Wildman–Crippen MR) is 77.3 cm³/mol. The SMILES string of the molecule is NC1C=CC(Cl)=CC1c1cc(=O)n2c(n1)CCC2C(=O)O. The van der Waals surface area contributed by atoms with Crippen molar-refractivity contribution in [1.82, 2.24) is 9.55 Å². The smallest absolute Gasteiger partial charge is 0.326 e. The third-order valence-corrected chi connectivity index (χ3v) is 4.11. The Morgan fingerprint density at radius 2 is 2.29 bits per heavy atom. The quantitative estimate of drug-likeness (QED) is 0.846. The van der Waals surface area contributed by atoms with Gasteiger partial charge in [-0.25, -0.2) is 9.78 Å². The Balaban J connectivity index is 2.05. The van der Waals surface area contributed by atoms with Crippen LogP contribution in [-0.4, -0.2) is 26.7 Å². The van der Waals surface area contributed by atoms with Crippen molar-refractivity contribution in [2.75, 3.05) is 0 Å². The standard InChI is InChI=1S/C14H14ClN3O3/c15-7-1-2-9(16)8(5-7)10-6-13(19)18-11(14(20)21)3-4-12(18)17-10/h1-2,5-6,8-9,11H,3-4,16H2,(H,20,21). The first kappa shape index (κ1) is 14.0. The van der Waals surface area contributed by atoms with Crippen LogP contribution in [0.4, 0.5) is 0 Å². The van der Waals surface area contributed by atoms with Crippen LogP contribution in [0, 0.1) is 0 Å². The van der Waals surface area contributed by atoms with Crippen molar-refractivity contribution in [3.63, 3.8) is 0 Å². The van der Waals surface area contributed by atoms with Gasteiger partial charge in [0.05, 0.1) is 5.69 Å². The second-order valence-electron chi connectivity index (χ2n) is 5.21. The summed E-state index contributed by atoms with van der Waals surface area (Å²) in [6, 6.07) is 0.224. The van der Waals surface area contributed by atoms with Gasteiger partial charge in [-0.1, -0.05) is 23.8 Å². The number of aryl methyl sites for hydroxylation is 1. The molecule has 0 saturated carbocycles. The van der Waals surface area contributed by atoms with Gasteiger partial charge >= 0.3 is 5.97 Å². The summed E-state index contributed by atoms with van der Waals surface area (Å²) in [5.41, 5.74) is 6.19. The molecule has 3 N–H and O–H groups in total. The Morgan fingerprint density at radius 1 is 1.52 bits per heavy atom. The number of halogens is 1. The maximum Gasteiger partial charge on any atom is 0.326 e. The van der Waals surface area contributed by atoms with Gasteiger partial charge in [-0.05, 0) is 12.5 Å². The first-order valence-corrected chi connectivity index (χ1v) is 7.01. The van der Waals surface area contributed by atoms with E-state index in [0.29, 0.717) is 29.4 Å². The fourth-order valence-electron chi connectivity index (χ4n) is 2.81. The molecule has 0 radical (unpaired) electrons. The Labute approximate surface area is 125 Å². The van der Waals surface area contributed by atoms with Gasteiger partial charge in [-0.3, -0.25) is 9.36 Å². The average Bonchev–Trinajstić information content (AvgIpc) is 2.86. The lowest BCUT2D eigenvalue weighted by molar-refractivity contribution is -0.140. The number of nitrogens with two attached hydrogens (primary N) is 1. The predicted octanol–water partition coefficient (Wildman–Crippen LogP) is 0.919. The topological polar surface area (TPSA) is 98.2 Å². The van der Waals surface area contributed by atoms with E-state index in [4.69, 9.17) is 22.4 Å². The van der Waals surface area contributed by atoms with Gasteiger partial charge in [0.1, 0.15) is 11.9 Å². The van der Waals surface area contributed by atoms with Gasteiger partial charge in [0, 0.05) is 29.5 Å². The van der Waals surface area contributed by atoms with Crippen LogP contribution in [-0.2, 0) is 11.2 Å². The van der Waals surface area contributed by atoms with Crippen LogP contribution in [0.2, 0.25) is 0 Å². The highest BCUT2D eigenvalue weighted by Gasteiger charge is 2.31. The zero-order chi connectivity index (χ0) is 15.1. The lowest BCUT2D eigenvalue weighted by atomic mass is 9.92. The molecule has 2 heterocycles. The number of rotatable bonds is 2. The number of aromatic nitrogens is 2. The lowest BCUT2D eigenvalue weighted by Gasteiger charge is -2.21. The maximum absolute atomic E-state index is 12.2. The van der Waals surface area contributed by atoms with Gasteiger partial charge in [0.15, 0.2) is 0 Å². The molecule has 1 aromatic heterocycles. The van der Waals surface area contributed by atoms with E-state index in [1.165, 1.54) is 10.6 Å². The van der Waals surface area contributed by atoms with E-state index in [1.807, 2.05) is 0 Å². The number of hydrogen-bond acceptors (Lipinski definition) is 4. The van der Waals surface area contributed by atoms with Crippen LogP contribution < -0.4 is 11.3 Å². The highest BCUT2D eigenvalue weighted by molar-refractivity contribution is 6.31. The second kappa shape index (κ2) is 5.13. The zero-order valence-electron chi connectivity index (χ0n) is 11.1. The monoisotopic (exact) mass is 307 g/mol. The van der Waals surface area contributed by atoms with E-state index in [-0.39, 0.29) is 17.5 Å². The number of carboxylic acid groups (broad SMARTS) is 1. The van der Waals surface area contributed by atoms with Crippen molar-refractivity contribution in [2.45, 2.75) is 30.8 Å². The summed E-state index contributed by atoms with van der Waals surface area (Å²) >= 11 is 5.98. The van der Waals surface area contributed by atoms with Crippen LogP contribution in [0.25, 0.3) is 0 Å². The average molecular weight is 308 g/mol. The summed E-state index contributed by atoms with van der Waals surface area (Å²) in [7, 11) is 0. The normalized spacial score (nSPS) is 27.3. The minimum absolute atomic E-state index is 0.273. The number of allylic oxidation sites excluding steroid dienone is 2. The first-order valence-electron chi connectivity index (χ1n) is 6.63. The number of aliphatic carboxylic acids is 1. The van der Waals surface area contributed by atoms with Crippen molar-refractivity contribution in [1.29, 1.82) is 0 Å². The highest BCUT2D eigenvalue weighted by Crippen LogP contribution is 2.28. The van der Waals surface area contributed by atoms with Gasteiger partial charge in [0.25, 0.3) is 5.56 Å². The Morgan fingerprint density at radius 3 is 3.00 bits per heavy atom. The molecule has 110 valence electrons. The summed E-state index contributed by atoms with van der Waals surface area (Å²) in [5, 5.41) is 9.68. The summed E-state index contributed by atoms with van der Waals surface area (Å²) < 4.78 is 1.25. The van der Waals surface area contributed by atoms with E-state index in [0.717, 1.165) is 0 Å². The highest BCUT2D eigenvalue weighted by atomic mass is 35.5. The van der Waals surface area contributed by atoms with Crippen LogP contribution in [0.1, 0.15) is 29.9 Å². The number of fused-ring (bicyclic) bond motifs is 1. The molecule has 1 aliphatic heterocycles. The van der Waals surface area contributed by atoms with E-state index in [2.05, 4.69) is 4.98 Å². The largest absolute Gasteiger partial charge is 0.480 e. The molecule has 0 aromatic carbocycles. The van der Waals surface area contributed by atoms with Crippen molar-refractivity contribution in [3.05, 3.63) is 51.2 Å². The zero-order valence-corrected chi connectivity index (χ0v) is 11.8. The molecule has 7 heteroatoms. The first-order chi connectivity index (χ1) is 9.97. The summed E-state index contributed by atoms with van der Waals surface area (Å²) in [6.07, 6.45) is 6.08. The lowest BCUT2D eigenvalue weighted by Crippen LogP contribution is -2.32. The molecule has 0 amide bonds. The molecule has 0 saturated heterocycles. The van der Waals surface area contributed by atoms with Crippen LogP contribution in [0.5, 0.6) is 0 Å². The summed E-state index contributed by atoms with van der Waals surface area (Å²) in [6.45, 7) is 0. The third-order valence-electron chi connectivity index (χ3n) is 3.86. The van der Waals surface area contributed by atoms with E-state index in [1.54, 1.807) is 18.2 Å². The van der Waals surface area contributed by atoms with E-state index in [9.17, 15) is 9.59 Å². The second-order valence-corrected chi connectivity index (χ2v) is 5.65.